The zero-order chi connectivity index (χ0) is 54.6. The van der Waals surface area contributed by atoms with Gasteiger partial charge in [0.15, 0.2) is 6.29 Å². The predicted octanol–water partition coefficient (Wildman–Crippen LogP) is 9.84. The molecule has 1 saturated heterocycles. The first-order valence-corrected chi connectivity index (χ1v) is 31.0. The summed E-state index contributed by atoms with van der Waals surface area (Å²) in [4.78, 5) is 38.2. The molecule has 15 heteroatoms. The normalized spacial score (nSPS) is 31.6. The number of amides is 3. The first kappa shape index (κ1) is 64.5. The van der Waals surface area contributed by atoms with Crippen molar-refractivity contribution in [3.8, 4) is 0 Å². The average Bonchev–Trinajstić information content (AvgIpc) is 3.80. The molecule has 3 amide bonds. The summed E-state index contributed by atoms with van der Waals surface area (Å²) in [5, 5.41) is 48.1. The van der Waals surface area contributed by atoms with Crippen molar-refractivity contribution in [2.45, 2.75) is 251 Å². The molecule has 0 radical (unpaired) electrons. The van der Waals surface area contributed by atoms with Crippen molar-refractivity contribution in [1.82, 2.24) is 16.0 Å². The minimum Gasteiger partial charge on any atom is -0.446 e. The SMILES string of the molecule is CCCCCCCC/C=C\CCCCCCCCNC(=O)O[C@@H]1CC[C@@]2(C)C(CCC3C2CC[C@@]2(C)C3CCC2[C@H](C)CCC(=O)NCCCCCC(=O)NCCOCCOCCOC2OC(CO)C(O)C(O)C2O)C1. The van der Waals surface area contributed by atoms with Crippen LogP contribution in [0, 0.1) is 46.3 Å². The van der Waals surface area contributed by atoms with E-state index in [1.165, 1.54) is 128 Å². The largest absolute Gasteiger partial charge is 0.446 e. The molecule has 0 aromatic heterocycles. The van der Waals surface area contributed by atoms with E-state index in [4.69, 9.17) is 23.7 Å². The van der Waals surface area contributed by atoms with Gasteiger partial charge in [-0.15, -0.1) is 0 Å². The number of allylic oxidation sites excluding steroid dienone is 2. The van der Waals surface area contributed by atoms with Gasteiger partial charge in [-0.2, -0.15) is 0 Å². The minimum atomic E-state index is -1.49. The molecule has 4 saturated carbocycles. The molecule has 440 valence electrons. The van der Waals surface area contributed by atoms with Gasteiger partial charge in [0.2, 0.25) is 11.8 Å². The maximum absolute atomic E-state index is 13.0. The molecule has 0 bridgehead atoms. The van der Waals surface area contributed by atoms with Gasteiger partial charge in [-0.3, -0.25) is 9.59 Å². The Morgan fingerprint density at radius 1 is 0.632 bits per heavy atom. The van der Waals surface area contributed by atoms with Crippen LogP contribution in [0.3, 0.4) is 0 Å². The van der Waals surface area contributed by atoms with Crippen LogP contribution in [0.5, 0.6) is 0 Å². The lowest BCUT2D eigenvalue weighted by molar-refractivity contribution is -0.302. The Hall–Kier alpha value is -2.37. The van der Waals surface area contributed by atoms with Gasteiger partial charge in [-0.05, 0) is 155 Å². The zero-order valence-corrected chi connectivity index (χ0v) is 48.0. The number of ether oxygens (including phenoxy) is 5. The van der Waals surface area contributed by atoms with Crippen LogP contribution in [-0.4, -0.2) is 134 Å². The number of hydrogen-bond donors (Lipinski definition) is 7. The topological polar surface area (TPSA) is 214 Å². The summed E-state index contributed by atoms with van der Waals surface area (Å²) in [6.07, 6.45) is 31.3. The number of carbonyl (C=O) groups is 3. The van der Waals surface area contributed by atoms with E-state index in [0.717, 1.165) is 62.7 Å². The number of rotatable bonds is 38. The Kier molecular flexibility index (Phi) is 30.0. The van der Waals surface area contributed by atoms with Crippen LogP contribution in [0.2, 0.25) is 0 Å². The summed E-state index contributed by atoms with van der Waals surface area (Å²) >= 11 is 0. The lowest BCUT2D eigenvalue weighted by atomic mass is 9.44. The molecule has 14 atom stereocenters. The van der Waals surface area contributed by atoms with Crippen molar-refractivity contribution in [1.29, 1.82) is 0 Å². The van der Waals surface area contributed by atoms with E-state index in [0.29, 0.717) is 80.9 Å². The molecule has 76 heavy (non-hydrogen) atoms. The number of aliphatic hydroxyl groups excluding tert-OH is 4. The van der Waals surface area contributed by atoms with Gasteiger partial charge in [0.05, 0.1) is 39.6 Å². The molecule has 1 heterocycles. The molecule has 4 aliphatic carbocycles. The number of aliphatic hydroxyl groups is 4. The molecule has 1 aliphatic heterocycles. The summed E-state index contributed by atoms with van der Waals surface area (Å²) in [5.41, 5.74) is 0.681. The molecule has 0 aromatic rings. The predicted molar refractivity (Wildman–Crippen MR) is 297 cm³/mol. The zero-order valence-electron chi connectivity index (χ0n) is 48.0. The Morgan fingerprint density at radius 3 is 1.96 bits per heavy atom. The maximum atomic E-state index is 13.0. The number of alkyl carbamates (subject to hydrolysis) is 1. The van der Waals surface area contributed by atoms with E-state index in [1.54, 1.807) is 0 Å². The van der Waals surface area contributed by atoms with E-state index in [9.17, 15) is 34.8 Å². The van der Waals surface area contributed by atoms with Crippen molar-refractivity contribution in [3.63, 3.8) is 0 Å². The van der Waals surface area contributed by atoms with Gasteiger partial charge in [-0.25, -0.2) is 4.79 Å². The summed E-state index contributed by atoms with van der Waals surface area (Å²) in [6, 6.07) is 0. The highest BCUT2D eigenvalue weighted by atomic mass is 16.7. The molecule has 5 fully saturated rings. The second-order valence-electron chi connectivity index (χ2n) is 24.4. The van der Waals surface area contributed by atoms with E-state index >= 15 is 0 Å². The quantitative estimate of drug-likeness (QED) is 0.0227. The minimum absolute atomic E-state index is 0.0224. The molecule has 5 aliphatic rings. The van der Waals surface area contributed by atoms with Gasteiger partial charge in [0.1, 0.15) is 30.5 Å². The number of nitrogens with one attached hydrogen (secondary N) is 3. The highest BCUT2D eigenvalue weighted by molar-refractivity contribution is 5.76. The average molecular weight is 1080 g/mol. The fourth-order valence-electron chi connectivity index (χ4n) is 14.6. The van der Waals surface area contributed by atoms with Crippen molar-refractivity contribution < 1.29 is 58.5 Å². The Morgan fingerprint density at radius 2 is 1.24 bits per heavy atom. The Bertz CT molecular complexity index is 1650. The first-order valence-electron chi connectivity index (χ1n) is 31.0. The number of unbranched alkanes of at least 4 members (excludes halogenated alkanes) is 14. The van der Waals surface area contributed by atoms with Crippen LogP contribution in [0.4, 0.5) is 4.79 Å². The third kappa shape index (κ3) is 20.6. The maximum Gasteiger partial charge on any atom is 0.407 e. The van der Waals surface area contributed by atoms with E-state index in [-0.39, 0.29) is 37.2 Å². The van der Waals surface area contributed by atoms with Gasteiger partial charge in [0, 0.05) is 32.5 Å². The van der Waals surface area contributed by atoms with Crippen molar-refractivity contribution in [2.75, 3.05) is 59.3 Å². The fourth-order valence-corrected chi connectivity index (χ4v) is 14.6. The molecular weight excluding hydrogens is 967 g/mol. The Balaban J connectivity index is 0.836. The molecule has 0 spiro atoms. The van der Waals surface area contributed by atoms with E-state index < -0.39 is 37.3 Å². The van der Waals surface area contributed by atoms with Gasteiger partial charge in [-0.1, -0.05) is 104 Å². The van der Waals surface area contributed by atoms with Crippen molar-refractivity contribution in [2.24, 2.45) is 46.3 Å². The van der Waals surface area contributed by atoms with Crippen LogP contribution in [0.25, 0.3) is 0 Å². The third-order valence-electron chi connectivity index (χ3n) is 19.1. The van der Waals surface area contributed by atoms with Gasteiger partial charge >= 0.3 is 6.09 Å². The third-order valence-corrected chi connectivity index (χ3v) is 19.1. The molecule has 0 aromatic carbocycles. The number of hydrogen-bond acceptors (Lipinski definition) is 12. The fraction of sp³-hybridized carbons (Fsp3) is 0.918. The summed E-state index contributed by atoms with van der Waals surface area (Å²) in [6.45, 7) is 12.3. The van der Waals surface area contributed by atoms with Crippen molar-refractivity contribution in [3.05, 3.63) is 12.2 Å². The second kappa shape index (κ2) is 35.4. The van der Waals surface area contributed by atoms with Crippen LogP contribution in [0.15, 0.2) is 12.2 Å². The van der Waals surface area contributed by atoms with Gasteiger partial charge < -0.3 is 60.1 Å². The molecule has 5 rings (SSSR count). The summed E-state index contributed by atoms with van der Waals surface area (Å²) in [5.74, 6) is 4.24. The van der Waals surface area contributed by atoms with E-state index in [2.05, 4.69) is 55.8 Å². The van der Waals surface area contributed by atoms with Crippen molar-refractivity contribution >= 4 is 17.9 Å². The number of fused-ring (bicyclic) bond motifs is 5. The second-order valence-corrected chi connectivity index (χ2v) is 24.4. The van der Waals surface area contributed by atoms with Crippen LogP contribution >= 0.6 is 0 Å². The number of carbonyl (C=O) groups excluding carboxylic acids is 3. The smallest absolute Gasteiger partial charge is 0.407 e. The summed E-state index contributed by atoms with van der Waals surface area (Å²) < 4.78 is 27.7. The first-order chi connectivity index (χ1) is 36.8. The highest BCUT2D eigenvalue weighted by Gasteiger charge is 2.61. The summed E-state index contributed by atoms with van der Waals surface area (Å²) in [7, 11) is 0. The molecule has 15 nitrogen and oxygen atoms in total. The van der Waals surface area contributed by atoms with Gasteiger partial charge in [0.25, 0.3) is 0 Å². The van der Waals surface area contributed by atoms with Crippen LogP contribution in [0.1, 0.15) is 214 Å². The Labute approximate surface area is 459 Å². The van der Waals surface area contributed by atoms with Crippen LogP contribution < -0.4 is 16.0 Å². The molecule has 10 unspecified atom stereocenters. The molecule has 7 N–H and O–H groups in total. The molecular formula is C61H109N3O12. The standard InChI is InChI=1S/C61H109N3O12/c1-5-6-7-8-9-10-11-12-13-14-15-16-17-18-19-22-36-64-59(71)75-47-31-33-60(3)46(43-47)26-27-48-50-29-28-49(61(50,4)34-32-51(48)60)45(2)25-30-54(67)62-35-23-20-21-24-53(66)63-37-38-72-39-40-73-41-42-74-58-57(70)56(69)55(68)52(44-65)76-58/h12-13,45-52,55-58,65,68-70H,5-11,14-44H2,1-4H3,(H,62,67)(H,63,66)(H,64,71)/b13-12-/t45-,46?,47-,48?,49?,50?,51?,52?,55?,56?,57?,58?,60+,61-/m1/s1. The monoisotopic (exact) mass is 1080 g/mol. The van der Waals surface area contributed by atoms with E-state index in [1.807, 2.05) is 0 Å². The lowest BCUT2D eigenvalue weighted by Gasteiger charge is -2.61. The van der Waals surface area contributed by atoms with Crippen LogP contribution in [-0.2, 0) is 33.3 Å². The lowest BCUT2D eigenvalue weighted by Crippen LogP contribution is -2.59. The highest BCUT2D eigenvalue weighted by Crippen LogP contribution is 2.68.